The molecule has 1 N–H and O–H groups in total. The van der Waals surface area contributed by atoms with Crippen molar-refractivity contribution in [2.75, 3.05) is 19.7 Å². The maximum atomic E-state index is 12.1. The molecule has 1 saturated heterocycles. The van der Waals surface area contributed by atoms with Crippen molar-refractivity contribution in [3.63, 3.8) is 0 Å². The van der Waals surface area contributed by atoms with E-state index in [4.69, 9.17) is 4.74 Å². The number of aryl methyl sites for hydroxylation is 1. The monoisotopic (exact) mass is 296 g/mol. The number of carbonyl (C=O) groups excluding carboxylic acids is 1. The van der Waals surface area contributed by atoms with Gasteiger partial charge in [-0.3, -0.25) is 4.90 Å². The quantitative estimate of drug-likeness (QED) is 0.865. The van der Waals surface area contributed by atoms with Gasteiger partial charge in [0.05, 0.1) is 12.6 Å². The summed E-state index contributed by atoms with van der Waals surface area (Å²) in [5.41, 5.74) is 3.95. The summed E-state index contributed by atoms with van der Waals surface area (Å²) in [6.45, 7) is 6.87. The van der Waals surface area contributed by atoms with Gasteiger partial charge in [0.1, 0.15) is 0 Å². The number of nitrogens with one attached hydrogen (secondary N) is 1. The lowest BCUT2D eigenvalue weighted by Gasteiger charge is -2.38. The minimum absolute atomic E-state index is 0. The summed E-state index contributed by atoms with van der Waals surface area (Å²) in [6.07, 6.45) is -0.185. The summed E-state index contributed by atoms with van der Waals surface area (Å²) in [7, 11) is 0. The molecule has 3 rings (SSSR count). The van der Waals surface area contributed by atoms with Gasteiger partial charge >= 0.3 is 6.09 Å². The van der Waals surface area contributed by atoms with Crippen LogP contribution in [0.4, 0.5) is 4.79 Å². The van der Waals surface area contributed by atoms with Crippen LogP contribution in [0.15, 0.2) is 18.2 Å². The average molecular weight is 297 g/mol. The Balaban J connectivity index is 0.00000147. The van der Waals surface area contributed by atoms with E-state index in [1.165, 1.54) is 16.7 Å². The van der Waals surface area contributed by atoms with E-state index < -0.39 is 0 Å². The van der Waals surface area contributed by atoms with Crippen molar-refractivity contribution in [3.8, 4) is 0 Å². The standard InChI is InChI=1S/C15H20N2O2.ClH/c1-3-19-15(18)17-9-13-10(2)5-4-6-11(13)12-7-16-8-14(12)17;/h4-6,12,14,16H,3,7-9H2,1-2H3;1H/t12-,14+;/m1./s1. The van der Waals surface area contributed by atoms with Crippen LogP contribution in [0.5, 0.6) is 0 Å². The summed E-state index contributed by atoms with van der Waals surface area (Å²) in [5.74, 6) is 0.396. The molecule has 5 heteroatoms. The molecule has 110 valence electrons. The zero-order valence-corrected chi connectivity index (χ0v) is 12.7. The van der Waals surface area contributed by atoms with Crippen LogP contribution in [0, 0.1) is 6.92 Å². The van der Waals surface area contributed by atoms with Gasteiger partial charge in [0.25, 0.3) is 0 Å². The highest BCUT2D eigenvalue weighted by Gasteiger charge is 2.41. The molecule has 0 aliphatic carbocycles. The lowest BCUT2D eigenvalue weighted by atomic mass is 9.84. The van der Waals surface area contributed by atoms with Crippen LogP contribution in [-0.4, -0.2) is 36.7 Å². The van der Waals surface area contributed by atoms with Gasteiger partial charge in [0, 0.05) is 25.6 Å². The minimum atomic E-state index is -0.185. The molecule has 4 nitrogen and oxygen atoms in total. The van der Waals surface area contributed by atoms with Gasteiger partial charge in [-0.25, -0.2) is 4.79 Å². The smallest absolute Gasteiger partial charge is 0.410 e. The Morgan fingerprint density at radius 3 is 3.00 bits per heavy atom. The van der Waals surface area contributed by atoms with E-state index in [-0.39, 0.29) is 24.5 Å². The van der Waals surface area contributed by atoms with Gasteiger partial charge in [-0.2, -0.15) is 0 Å². The van der Waals surface area contributed by atoms with E-state index in [9.17, 15) is 4.79 Å². The van der Waals surface area contributed by atoms with Crippen LogP contribution >= 0.6 is 12.4 Å². The van der Waals surface area contributed by atoms with Crippen molar-refractivity contribution in [1.82, 2.24) is 10.2 Å². The molecule has 1 fully saturated rings. The third kappa shape index (κ3) is 2.38. The van der Waals surface area contributed by atoms with Crippen LogP contribution in [-0.2, 0) is 11.3 Å². The Bertz CT molecular complexity index is 507. The topological polar surface area (TPSA) is 41.6 Å². The van der Waals surface area contributed by atoms with E-state index in [0.717, 1.165) is 13.1 Å². The normalized spacial score (nSPS) is 23.6. The molecule has 2 atom stereocenters. The van der Waals surface area contributed by atoms with Gasteiger partial charge in [-0.1, -0.05) is 18.2 Å². The fraction of sp³-hybridized carbons (Fsp3) is 0.533. The summed E-state index contributed by atoms with van der Waals surface area (Å²) in [6, 6.07) is 6.66. The van der Waals surface area contributed by atoms with E-state index in [2.05, 4.69) is 30.4 Å². The largest absolute Gasteiger partial charge is 0.450 e. The van der Waals surface area contributed by atoms with Gasteiger partial charge in [0.2, 0.25) is 0 Å². The van der Waals surface area contributed by atoms with Gasteiger partial charge in [-0.05, 0) is 30.5 Å². The molecule has 1 amide bonds. The Hall–Kier alpha value is -1.26. The zero-order chi connectivity index (χ0) is 13.4. The second-order valence-corrected chi connectivity index (χ2v) is 5.30. The number of halogens is 1. The molecule has 2 heterocycles. The van der Waals surface area contributed by atoms with Crippen LogP contribution in [0.2, 0.25) is 0 Å². The number of benzene rings is 1. The van der Waals surface area contributed by atoms with Gasteiger partial charge < -0.3 is 10.1 Å². The Kier molecular flexibility index (Phi) is 4.55. The summed E-state index contributed by atoms with van der Waals surface area (Å²) in [4.78, 5) is 14.0. The van der Waals surface area contributed by atoms with E-state index >= 15 is 0 Å². The van der Waals surface area contributed by atoms with Crippen molar-refractivity contribution < 1.29 is 9.53 Å². The number of nitrogens with zero attached hydrogens (tertiary/aromatic N) is 1. The first-order valence-corrected chi connectivity index (χ1v) is 6.95. The van der Waals surface area contributed by atoms with E-state index in [0.29, 0.717) is 19.1 Å². The van der Waals surface area contributed by atoms with Gasteiger partial charge in [-0.15, -0.1) is 12.4 Å². The third-order valence-electron chi connectivity index (χ3n) is 4.26. The number of carbonyl (C=O) groups is 1. The second-order valence-electron chi connectivity index (χ2n) is 5.30. The third-order valence-corrected chi connectivity index (χ3v) is 4.26. The van der Waals surface area contributed by atoms with Crippen LogP contribution < -0.4 is 5.32 Å². The van der Waals surface area contributed by atoms with Crippen molar-refractivity contribution in [2.45, 2.75) is 32.4 Å². The number of hydrogen-bond donors (Lipinski definition) is 1. The molecular formula is C15H21ClN2O2. The van der Waals surface area contributed by atoms with Crippen molar-refractivity contribution in [1.29, 1.82) is 0 Å². The van der Waals surface area contributed by atoms with Crippen molar-refractivity contribution in [2.24, 2.45) is 0 Å². The lowest BCUT2D eigenvalue weighted by molar-refractivity contribution is 0.0824. The maximum absolute atomic E-state index is 12.1. The Labute approximate surface area is 125 Å². The van der Waals surface area contributed by atoms with Crippen LogP contribution in [0.3, 0.4) is 0 Å². The number of ether oxygens (including phenoxy) is 1. The summed E-state index contributed by atoms with van der Waals surface area (Å²) >= 11 is 0. The second kappa shape index (κ2) is 6.02. The highest BCUT2D eigenvalue weighted by atomic mass is 35.5. The first-order valence-electron chi connectivity index (χ1n) is 6.95. The molecule has 20 heavy (non-hydrogen) atoms. The molecule has 0 aromatic heterocycles. The predicted octanol–water partition coefficient (Wildman–Crippen LogP) is 2.44. The molecule has 0 saturated carbocycles. The first kappa shape index (κ1) is 15.1. The Morgan fingerprint density at radius 2 is 2.25 bits per heavy atom. The molecule has 0 unspecified atom stereocenters. The lowest BCUT2D eigenvalue weighted by Crippen LogP contribution is -2.47. The highest BCUT2D eigenvalue weighted by molar-refractivity contribution is 5.85. The van der Waals surface area contributed by atoms with Crippen molar-refractivity contribution >= 4 is 18.5 Å². The number of fused-ring (bicyclic) bond motifs is 3. The molecule has 2 aliphatic rings. The molecule has 1 aromatic carbocycles. The zero-order valence-electron chi connectivity index (χ0n) is 11.9. The number of amides is 1. The van der Waals surface area contributed by atoms with Crippen LogP contribution in [0.25, 0.3) is 0 Å². The molecule has 0 spiro atoms. The molecular weight excluding hydrogens is 276 g/mol. The van der Waals surface area contributed by atoms with E-state index in [1.807, 2.05) is 11.8 Å². The molecule has 0 bridgehead atoms. The fourth-order valence-corrected chi connectivity index (χ4v) is 3.29. The first-order chi connectivity index (χ1) is 9.22. The summed E-state index contributed by atoms with van der Waals surface area (Å²) in [5, 5.41) is 3.40. The van der Waals surface area contributed by atoms with Gasteiger partial charge in [0.15, 0.2) is 0 Å². The average Bonchev–Trinajstić information content (AvgIpc) is 2.88. The number of rotatable bonds is 1. The van der Waals surface area contributed by atoms with Crippen molar-refractivity contribution in [3.05, 3.63) is 34.9 Å². The van der Waals surface area contributed by atoms with E-state index in [1.54, 1.807) is 0 Å². The molecule has 2 aliphatic heterocycles. The highest BCUT2D eigenvalue weighted by Crippen LogP contribution is 2.37. The Morgan fingerprint density at radius 1 is 1.45 bits per heavy atom. The van der Waals surface area contributed by atoms with Crippen LogP contribution in [0.1, 0.15) is 29.5 Å². The predicted molar refractivity (Wildman–Crippen MR) is 80.4 cm³/mol. The molecule has 1 aromatic rings. The number of hydrogen-bond acceptors (Lipinski definition) is 3. The molecule has 0 radical (unpaired) electrons. The SMILES string of the molecule is CCOC(=O)N1Cc2c(C)cccc2[C@H]2CNC[C@@H]21.Cl. The fourth-order valence-electron chi connectivity index (χ4n) is 3.29. The minimum Gasteiger partial charge on any atom is -0.450 e. The maximum Gasteiger partial charge on any atom is 0.410 e. The summed E-state index contributed by atoms with van der Waals surface area (Å²) < 4.78 is 5.20.